The molecular weight excluding hydrogens is 458 g/mol. The van der Waals surface area contributed by atoms with E-state index in [4.69, 9.17) is 0 Å². The molecule has 0 aliphatic heterocycles. The number of hydrogen-bond donors (Lipinski definition) is 2. The zero-order chi connectivity index (χ0) is 20.6. The predicted octanol–water partition coefficient (Wildman–Crippen LogP) is -5.22. The summed E-state index contributed by atoms with van der Waals surface area (Å²) in [6.07, 6.45) is 2.63. The summed E-state index contributed by atoms with van der Waals surface area (Å²) < 4.78 is 37.2. The van der Waals surface area contributed by atoms with Gasteiger partial charge in [-0.15, -0.1) is 0 Å². The second-order valence-electron chi connectivity index (χ2n) is 5.19. The van der Waals surface area contributed by atoms with E-state index in [0.29, 0.717) is 22.5 Å². The van der Waals surface area contributed by atoms with Gasteiger partial charge in [0.2, 0.25) is 0 Å². The van der Waals surface area contributed by atoms with Crippen LogP contribution in [-0.4, -0.2) is 48.7 Å². The topological polar surface area (TPSA) is 164 Å². The Balaban J connectivity index is 0.00000420. The van der Waals surface area contributed by atoms with E-state index in [9.17, 15) is 28.4 Å². The zero-order valence-electron chi connectivity index (χ0n) is 16.1. The molecule has 0 radical (unpaired) electrons. The van der Waals surface area contributed by atoms with Gasteiger partial charge >= 0.3 is 59.1 Å². The van der Waals surface area contributed by atoms with Crippen LogP contribution in [0.25, 0.3) is 0 Å². The molecular formula is C16H14N2Na2O8S2. The molecule has 2 aromatic rings. The number of phenolic OH excluding ortho intramolecular Hbond substituents is 2. The van der Waals surface area contributed by atoms with Gasteiger partial charge in [0.25, 0.3) is 0 Å². The Labute approximate surface area is 221 Å². The fourth-order valence-electron chi connectivity index (χ4n) is 1.97. The Morgan fingerprint density at radius 2 is 1.50 bits per heavy atom. The van der Waals surface area contributed by atoms with Crippen LogP contribution >= 0.6 is 12.0 Å². The monoisotopic (exact) mass is 472 g/mol. The van der Waals surface area contributed by atoms with Crippen LogP contribution in [0, 0.1) is 0 Å². The number of hydrogen-bond acceptors (Lipinski definition) is 11. The Bertz CT molecular complexity index is 987. The summed E-state index contributed by atoms with van der Waals surface area (Å²) in [7, 11) is -4.63. The summed E-state index contributed by atoms with van der Waals surface area (Å²) in [5, 5.41) is 32.5. The summed E-state index contributed by atoms with van der Waals surface area (Å²) in [6, 6.07) is 7.57. The van der Waals surface area contributed by atoms with Crippen molar-refractivity contribution in [3.63, 3.8) is 0 Å². The fraction of sp³-hybridized carbons (Fsp3) is 0.125. The number of aromatic hydroxyl groups is 2. The Kier molecular flexibility index (Phi) is 14.3. The molecule has 2 N–H and O–H groups in total. The molecule has 0 amide bonds. The van der Waals surface area contributed by atoms with E-state index in [-0.39, 0.29) is 89.3 Å². The molecule has 14 heteroatoms. The number of phenols is 2. The third kappa shape index (κ3) is 9.77. The largest absolute Gasteiger partial charge is 1.00 e. The van der Waals surface area contributed by atoms with Crippen molar-refractivity contribution < 1.29 is 96.9 Å². The van der Waals surface area contributed by atoms with E-state index in [0.717, 1.165) is 18.2 Å². The van der Waals surface area contributed by atoms with Gasteiger partial charge in [-0.1, -0.05) is 0 Å². The molecule has 2 aromatic carbocycles. The van der Waals surface area contributed by atoms with Crippen LogP contribution in [0.15, 0.2) is 56.2 Å². The molecule has 10 nitrogen and oxygen atoms in total. The average Bonchev–Trinajstić information content (AvgIpc) is 2.65. The van der Waals surface area contributed by atoms with Crippen molar-refractivity contribution in [2.45, 2.75) is 9.79 Å². The molecule has 0 unspecified atom stereocenters. The van der Waals surface area contributed by atoms with Crippen LogP contribution in [-0.2, 0) is 19.5 Å². The summed E-state index contributed by atoms with van der Waals surface area (Å²) in [4.78, 5) is 8.13. The normalized spacial score (nSPS) is 11.4. The molecule has 150 valence electrons. The third-order valence-electron chi connectivity index (χ3n) is 3.26. The SMILES string of the molecule is O=S(=O)([O-])c1ccc(O)c(C=NCCN=Cc2cc(SOO[O-])ccc2O)c1.[Na+].[Na+]. The fourth-order valence-corrected chi connectivity index (χ4v) is 2.88. The number of benzene rings is 2. The van der Waals surface area contributed by atoms with E-state index in [1.165, 1.54) is 30.6 Å². The minimum absolute atomic E-state index is 0. The number of rotatable bonds is 9. The molecule has 0 saturated carbocycles. The number of nitrogens with zero attached hydrogens (tertiary/aromatic N) is 2. The van der Waals surface area contributed by atoms with Gasteiger partial charge in [0.15, 0.2) is 0 Å². The maximum Gasteiger partial charge on any atom is 1.00 e. The van der Waals surface area contributed by atoms with Gasteiger partial charge in [-0.05, 0) is 36.4 Å². The molecule has 0 aliphatic rings. The molecule has 0 aliphatic carbocycles. The van der Waals surface area contributed by atoms with Gasteiger partial charge in [-0.3, -0.25) is 15.0 Å². The maximum absolute atomic E-state index is 11.0. The van der Waals surface area contributed by atoms with Crippen LogP contribution in [0.3, 0.4) is 0 Å². The summed E-state index contributed by atoms with van der Waals surface area (Å²) in [6.45, 7) is 0.431. The van der Waals surface area contributed by atoms with E-state index >= 15 is 0 Å². The van der Waals surface area contributed by atoms with E-state index in [1.807, 2.05) is 0 Å². The van der Waals surface area contributed by atoms with Gasteiger partial charge in [0, 0.05) is 28.5 Å². The second-order valence-corrected chi connectivity index (χ2v) is 7.34. The first-order chi connectivity index (χ1) is 13.3. The summed E-state index contributed by atoms with van der Waals surface area (Å²) in [5.74, 6) is -0.247. The molecule has 0 atom stereocenters. The van der Waals surface area contributed by atoms with Crippen LogP contribution in [0.1, 0.15) is 11.1 Å². The average molecular weight is 472 g/mol. The Morgan fingerprint density at radius 3 is 2.03 bits per heavy atom. The second kappa shape index (κ2) is 14.6. The first-order valence-electron chi connectivity index (χ1n) is 7.56. The van der Waals surface area contributed by atoms with Crippen molar-refractivity contribution in [2.75, 3.05) is 13.1 Å². The quantitative estimate of drug-likeness (QED) is 0.0690. The van der Waals surface area contributed by atoms with Crippen LogP contribution in [0.2, 0.25) is 0 Å². The molecule has 0 fully saturated rings. The summed E-state index contributed by atoms with van der Waals surface area (Å²) >= 11 is 0.673. The molecule has 0 heterocycles. The minimum atomic E-state index is -4.63. The van der Waals surface area contributed by atoms with E-state index in [1.54, 1.807) is 0 Å². The van der Waals surface area contributed by atoms with Gasteiger partial charge < -0.3 is 20.0 Å². The van der Waals surface area contributed by atoms with Gasteiger partial charge in [-0.25, -0.2) is 8.42 Å². The molecule has 2 rings (SSSR count). The molecule has 30 heavy (non-hydrogen) atoms. The van der Waals surface area contributed by atoms with Crippen molar-refractivity contribution in [3.05, 3.63) is 47.5 Å². The van der Waals surface area contributed by atoms with Gasteiger partial charge in [0.05, 0.1) is 30.0 Å². The van der Waals surface area contributed by atoms with Crippen LogP contribution in [0.4, 0.5) is 0 Å². The van der Waals surface area contributed by atoms with E-state index < -0.39 is 15.0 Å². The van der Waals surface area contributed by atoms with E-state index in [2.05, 4.69) is 19.4 Å². The van der Waals surface area contributed by atoms with Gasteiger partial charge in [-0.2, -0.15) is 4.33 Å². The minimum Gasteiger partial charge on any atom is -0.744 e. The van der Waals surface area contributed by atoms with Crippen LogP contribution < -0.4 is 64.4 Å². The van der Waals surface area contributed by atoms with Crippen molar-refractivity contribution in [2.24, 2.45) is 9.98 Å². The third-order valence-corrected chi connectivity index (χ3v) is 4.66. The summed E-state index contributed by atoms with van der Waals surface area (Å²) in [5.41, 5.74) is 0.471. The zero-order valence-corrected chi connectivity index (χ0v) is 21.7. The van der Waals surface area contributed by atoms with Gasteiger partial charge in [0.1, 0.15) is 21.6 Å². The molecule has 0 spiro atoms. The smallest absolute Gasteiger partial charge is 0.744 e. The standard InChI is InChI=1S/C16H16N2O8S2.2Na/c19-15-3-1-13(27-26-25-21)7-11(15)9-17-5-6-18-10-12-8-14(28(22,23)24)2-4-16(12)20;;/h1-4,7-10,19-21H,5-6H2,(H,22,23,24);;/q;2*+1/p-2. The van der Waals surface area contributed by atoms with Crippen molar-refractivity contribution in [3.8, 4) is 11.5 Å². The first kappa shape index (κ1) is 29.5. The molecule has 0 aromatic heterocycles. The Morgan fingerprint density at radius 1 is 0.967 bits per heavy atom. The Hall–Kier alpha value is -0.480. The predicted molar refractivity (Wildman–Crippen MR) is 97.1 cm³/mol. The van der Waals surface area contributed by atoms with Crippen molar-refractivity contribution >= 4 is 34.6 Å². The maximum atomic E-state index is 11.0. The first-order valence-corrected chi connectivity index (χ1v) is 9.71. The molecule has 0 saturated heterocycles. The van der Waals surface area contributed by atoms with Crippen molar-refractivity contribution in [1.82, 2.24) is 0 Å². The van der Waals surface area contributed by atoms with Crippen molar-refractivity contribution in [1.29, 1.82) is 0 Å². The van der Waals surface area contributed by atoms with Crippen LogP contribution in [0.5, 0.6) is 11.5 Å². The number of aliphatic imine (C=N–C) groups is 2. The molecule has 0 bridgehead atoms.